The maximum absolute atomic E-state index is 9.30. The van der Waals surface area contributed by atoms with Gasteiger partial charge in [0.05, 0.1) is 6.61 Å². The summed E-state index contributed by atoms with van der Waals surface area (Å²) in [5, 5.41) is 12.5. The Hall–Kier alpha value is -0.120. The monoisotopic (exact) mass is 228 g/mol. The highest BCUT2D eigenvalue weighted by Crippen LogP contribution is 2.18. The molecule has 1 saturated heterocycles. The van der Waals surface area contributed by atoms with Crippen molar-refractivity contribution in [2.24, 2.45) is 0 Å². The molecule has 0 saturated carbocycles. The van der Waals surface area contributed by atoms with Crippen molar-refractivity contribution in [3.63, 3.8) is 0 Å². The molecule has 2 N–H and O–H groups in total. The van der Waals surface area contributed by atoms with Crippen molar-refractivity contribution in [3.05, 3.63) is 0 Å². The molecule has 0 aromatic heterocycles. The molecule has 2 atom stereocenters. The number of hydrogen-bond acceptors (Lipinski definition) is 3. The Kier molecular flexibility index (Phi) is 5.73. The molecule has 1 heterocycles. The first-order chi connectivity index (χ1) is 7.61. The third kappa shape index (κ3) is 4.04. The van der Waals surface area contributed by atoms with E-state index in [0.717, 1.165) is 12.5 Å². The maximum Gasteiger partial charge on any atom is 0.0610 e. The zero-order chi connectivity index (χ0) is 12.0. The van der Waals surface area contributed by atoms with E-state index in [4.69, 9.17) is 0 Å². The number of aliphatic hydroxyl groups excluding tert-OH is 1. The highest BCUT2D eigenvalue weighted by molar-refractivity contribution is 4.81. The number of likely N-dealkylation sites (tertiary alicyclic amines) is 1. The average Bonchev–Trinajstić information content (AvgIpc) is 2.31. The van der Waals surface area contributed by atoms with Crippen LogP contribution in [0.5, 0.6) is 0 Å². The van der Waals surface area contributed by atoms with Gasteiger partial charge in [-0.1, -0.05) is 6.42 Å². The number of nitrogens with zero attached hydrogens (tertiary/aromatic N) is 1. The van der Waals surface area contributed by atoms with Crippen molar-refractivity contribution in [2.45, 2.75) is 57.5 Å². The van der Waals surface area contributed by atoms with Gasteiger partial charge in [-0.05, 0) is 59.7 Å². The predicted molar refractivity (Wildman–Crippen MR) is 68.7 cm³/mol. The quantitative estimate of drug-likeness (QED) is 0.725. The van der Waals surface area contributed by atoms with Crippen LogP contribution in [0.25, 0.3) is 0 Å². The smallest absolute Gasteiger partial charge is 0.0610 e. The summed E-state index contributed by atoms with van der Waals surface area (Å²) in [7, 11) is 1.93. The molecular weight excluding hydrogens is 200 g/mol. The predicted octanol–water partition coefficient (Wildman–Crippen LogP) is 1.61. The van der Waals surface area contributed by atoms with Gasteiger partial charge in [-0.25, -0.2) is 0 Å². The lowest BCUT2D eigenvalue weighted by atomic mass is 9.96. The Balaban J connectivity index is 2.23. The van der Waals surface area contributed by atoms with Crippen molar-refractivity contribution in [3.8, 4) is 0 Å². The minimum Gasteiger partial charge on any atom is -0.394 e. The Bertz CT molecular complexity index is 192. The lowest BCUT2D eigenvalue weighted by Gasteiger charge is -2.34. The highest BCUT2D eigenvalue weighted by Gasteiger charge is 2.22. The number of rotatable bonds is 6. The minimum atomic E-state index is -0.0982. The van der Waals surface area contributed by atoms with Crippen LogP contribution in [0.2, 0.25) is 0 Å². The van der Waals surface area contributed by atoms with Crippen molar-refractivity contribution in [2.75, 3.05) is 26.7 Å². The molecule has 0 spiro atoms. The van der Waals surface area contributed by atoms with Crippen LogP contribution < -0.4 is 5.32 Å². The zero-order valence-corrected chi connectivity index (χ0v) is 11.1. The van der Waals surface area contributed by atoms with E-state index < -0.39 is 0 Å². The molecule has 0 amide bonds. The van der Waals surface area contributed by atoms with Gasteiger partial charge in [-0.15, -0.1) is 0 Å². The first-order valence-corrected chi connectivity index (χ1v) is 6.65. The average molecular weight is 228 g/mol. The molecule has 3 nitrogen and oxygen atoms in total. The van der Waals surface area contributed by atoms with Gasteiger partial charge >= 0.3 is 0 Å². The number of aliphatic hydroxyl groups is 1. The summed E-state index contributed by atoms with van der Waals surface area (Å²) in [5.41, 5.74) is -0.0982. The molecule has 1 aliphatic rings. The van der Waals surface area contributed by atoms with Crippen LogP contribution in [0, 0.1) is 0 Å². The molecule has 16 heavy (non-hydrogen) atoms. The molecular formula is C13H28N2O. The van der Waals surface area contributed by atoms with Crippen LogP contribution >= 0.6 is 0 Å². The highest BCUT2D eigenvalue weighted by atomic mass is 16.3. The van der Waals surface area contributed by atoms with Gasteiger partial charge in [0, 0.05) is 11.6 Å². The van der Waals surface area contributed by atoms with Crippen LogP contribution in [-0.4, -0.2) is 48.3 Å². The Morgan fingerprint density at radius 3 is 2.75 bits per heavy atom. The third-order valence-electron chi connectivity index (χ3n) is 4.07. The van der Waals surface area contributed by atoms with Crippen LogP contribution in [-0.2, 0) is 0 Å². The standard InChI is InChI=1S/C13H28N2O/c1-12-7-4-5-9-15(12)10-6-8-13(2,11-16)14-3/h12,14,16H,4-11H2,1-3H3. The summed E-state index contributed by atoms with van der Waals surface area (Å²) >= 11 is 0. The van der Waals surface area contributed by atoms with E-state index in [1.165, 1.54) is 38.8 Å². The van der Waals surface area contributed by atoms with Crippen molar-refractivity contribution < 1.29 is 5.11 Å². The summed E-state index contributed by atoms with van der Waals surface area (Å²) in [5.74, 6) is 0. The van der Waals surface area contributed by atoms with Gasteiger partial charge in [0.15, 0.2) is 0 Å². The van der Waals surface area contributed by atoms with Gasteiger partial charge < -0.3 is 15.3 Å². The maximum atomic E-state index is 9.30. The topological polar surface area (TPSA) is 35.5 Å². The molecule has 1 rings (SSSR count). The Morgan fingerprint density at radius 2 is 2.19 bits per heavy atom. The second-order valence-corrected chi connectivity index (χ2v) is 5.45. The fourth-order valence-corrected chi connectivity index (χ4v) is 2.45. The van der Waals surface area contributed by atoms with E-state index in [1.807, 2.05) is 7.05 Å². The second-order valence-electron chi connectivity index (χ2n) is 5.45. The summed E-state index contributed by atoms with van der Waals surface area (Å²) in [6, 6.07) is 0.753. The van der Waals surface area contributed by atoms with Gasteiger partial charge in [0.25, 0.3) is 0 Å². The molecule has 0 bridgehead atoms. The Labute approximate surface area is 100 Å². The van der Waals surface area contributed by atoms with Crippen LogP contribution in [0.15, 0.2) is 0 Å². The number of hydrogen-bond donors (Lipinski definition) is 2. The van der Waals surface area contributed by atoms with Gasteiger partial charge in [0.2, 0.25) is 0 Å². The second kappa shape index (κ2) is 6.58. The molecule has 0 aromatic rings. The molecule has 3 heteroatoms. The molecule has 2 unspecified atom stereocenters. The first-order valence-electron chi connectivity index (χ1n) is 6.65. The number of piperidine rings is 1. The lowest BCUT2D eigenvalue weighted by Crippen LogP contribution is -2.44. The molecule has 96 valence electrons. The molecule has 0 aliphatic carbocycles. The Morgan fingerprint density at radius 1 is 1.44 bits per heavy atom. The van der Waals surface area contributed by atoms with Crippen LogP contribution in [0.4, 0.5) is 0 Å². The third-order valence-corrected chi connectivity index (χ3v) is 4.07. The largest absolute Gasteiger partial charge is 0.394 e. The van der Waals surface area contributed by atoms with Crippen molar-refractivity contribution in [1.82, 2.24) is 10.2 Å². The molecule has 0 radical (unpaired) electrons. The summed E-state index contributed by atoms with van der Waals surface area (Å²) in [6.07, 6.45) is 6.31. The fraction of sp³-hybridized carbons (Fsp3) is 1.00. The normalized spacial score (nSPS) is 26.6. The number of likely N-dealkylation sites (N-methyl/N-ethyl adjacent to an activating group) is 1. The van der Waals surface area contributed by atoms with Gasteiger partial charge in [-0.3, -0.25) is 0 Å². The molecule has 1 aliphatic heterocycles. The van der Waals surface area contributed by atoms with E-state index >= 15 is 0 Å². The fourth-order valence-electron chi connectivity index (χ4n) is 2.45. The van der Waals surface area contributed by atoms with E-state index in [1.54, 1.807) is 0 Å². The summed E-state index contributed by atoms with van der Waals surface area (Å²) < 4.78 is 0. The minimum absolute atomic E-state index is 0.0982. The zero-order valence-electron chi connectivity index (χ0n) is 11.1. The summed E-state index contributed by atoms with van der Waals surface area (Å²) in [6.45, 7) is 7.09. The molecule has 0 aromatic carbocycles. The van der Waals surface area contributed by atoms with E-state index in [9.17, 15) is 5.11 Å². The van der Waals surface area contributed by atoms with E-state index in [0.29, 0.717) is 0 Å². The number of nitrogens with one attached hydrogen (secondary N) is 1. The van der Waals surface area contributed by atoms with Crippen LogP contribution in [0.3, 0.4) is 0 Å². The van der Waals surface area contributed by atoms with E-state index in [2.05, 4.69) is 24.1 Å². The molecule has 1 fully saturated rings. The summed E-state index contributed by atoms with van der Waals surface area (Å²) in [4.78, 5) is 2.59. The van der Waals surface area contributed by atoms with Crippen molar-refractivity contribution in [1.29, 1.82) is 0 Å². The van der Waals surface area contributed by atoms with E-state index in [-0.39, 0.29) is 12.1 Å². The van der Waals surface area contributed by atoms with Gasteiger partial charge in [-0.2, -0.15) is 0 Å². The van der Waals surface area contributed by atoms with Crippen molar-refractivity contribution >= 4 is 0 Å². The van der Waals surface area contributed by atoms with Crippen LogP contribution in [0.1, 0.15) is 46.0 Å². The SMILES string of the molecule is CNC(C)(CO)CCCN1CCCCC1C. The van der Waals surface area contributed by atoms with Gasteiger partial charge in [0.1, 0.15) is 0 Å². The first kappa shape index (κ1) is 13.9. The lowest BCUT2D eigenvalue weighted by molar-refractivity contribution is 0.137.